The Bertz CT molecular complexity index is 680. The molecule has 0 aliphatic carbocycles. The molecule has 5 nitrogen and oxygen atoms in total. The number of aliphatic hydroxyl groups is 1. The van der Waals surface area contributed by atoms with Gasteiger partial charge in [-0.15, -0.1) is 0 Å². The lowest BCUT2D eigenvalue weighted by atomic mass is 10.0. The summed E-state index contributed by atoms with van der Waals surface area (Å²) in [6.45, 7) is 9.03. The van der Waals surface area contributed by atoms with Gasteiger partial charge in [-0.1, -0.05) is 128 Å². The second kappa shape index (κ2) is 39.5. The van der Waals surface area contributed by atoms with Gasteiger partial charge in [-0.05, 0) is 96.3 Å². The van der Waals surface area contributed by atoms with E-state index in [1.54, 1.807) is 0 Å². The number of unbranched alkanes of at least 4 members (excludes halogenated alkanes) is 15. The Morgan fingerprint density at radius 2 is 0.787 bits per heavy atom. The normalized spacial score (nSPS) is 14.2. The van der Waals surface area contributed by atoms with Crippen LogP contribution in [0.3, 0.4) is 0 Å². The summed E-state index contributed by atoms with van der Waals surface area (Å²) in [5, 5.41) is 10.4. The molecule has 0 aromatic heterocycles. The Hall–Kier alpha value is -0.980. The Morgan fingerprint density at radius 1 is 0.426 bits per heavy atom. The first-order chi connectivity index (χ1) is 23.2. The summed E-state index contributed by atoms with van der Waals surface area (Å²) in [5.74, 6) is 0. The minimum Gasteiger partial charge on any atom is -0.378 e. The Kier molecular flexibility index (Phi) is 38.6. The van der Waals surface area contributed by atoms with Crippen molar-refractivity contribution in [1.82, 2.24) is 0 Å². The Morgan fingerprint density at radius 3 is 1.21 bits per heavy atom. The number of hydrogen-bond donors (Lipinski definition) is 2. The third-order valence-electron chi connectivity index (χ3n) is 8.84. The van der Waals surface area contributed by atoms with E-state index in [0.29, 0.717) is 26.4 Å². The second-order valence-corrected chi connectivity index (χ2v) is 13.4. The van der Waals surface area contributed by atoms with Crippen molar-refractivity contribution in [2.75, 3.05) is 26.4 Å². The van der Waals surface area contributed by atoms with Crippen molar-refractivity contribution in [2.45, 2.75) is 206 Å². The maximum atomic E-state index is 10.4. The molecule has 3 N–H and O–H groups in total. The van der Waals surface area contributed by atoms with Gasteiger partial charge >= 0.3 is 0 Å². The first-order valence-electron chi connectivity index (χ1n) is 20.4. The third kappa shape index (κ3) is 36.1. The fourth-order valence-electron chi connectivity index (χ4n) is 5.94. The summed E-state index contributed by atoms with van der Waals surface area (Å²) in [7, 11) is 0. The lowest BCUT2D eigenvalue weighted by Crippen LogP contribution is -2.23. The SMILES string of the molecule is CCC=CCCCCCCCC(O)OCCC(CCCCCCCC=CCC)OCCC(CCCCCCCC=CCC)OCCN. The molecule has 0 heterocycles. The standard InChI is InChI=1S/C42H81NO4/c1-4-7-10-13-16-19-22-25-28-31-40(35-38-47-42(44)33-30-27-24-21-18-15-12-9-6-3)45-37-34-41(46-39-36-43)32-29-26-23-20-17-14-11-8-5-2/h7-12,40-42,44H,4-6,13-39,43H2,1-3H3. The number of aliphatic hydroxyl groups excluding tert-OH is 1. The van der Waals surface area contributed by atoms with Gasteiger partial charge in [0.15, 0.2) is 6.29 Å². The molecule has 0 radical (unpaired) electrons. The van der Waals surface area contributed by atoms with Crippen molar-refractivity contribution in [3.8, 4) is 0 Å². The fourth-order valence-corrected chi connectivity index (χ4v) is 5.94. The molecule has 0 aliphatic rings. The van der Waals surface area contributed by atoms with Crippen molar-refractivity contribution in [3.63, 3.8) is 0 Å². The van der Waals surface area contributed by atoms with E-state index in [1.807, 2.05) is 0 Å². The lowest BCUT2D eigenvalue weighted by molar-refractivity contribution is -0.113. The zero-order valence-corrected chi connectivity index (χ0v) is 31.7. The summed E-state index contributed by atoms with van der Waals surface area (Å²) >= 11 is 0. The Balaban J connectivity index is 4.47. The van der Waals surface area contributed by atoms with E-state index in [-0.39, 0.29) is 12.2 Å². The molecule has 0 saturated carbocycles. The van der Waals surface area contributed by atoms with Crippen molar-refractivity contribution in [2.24, 2.45) is 5.73 Å². The van der Waals surface area contributed by atoms with Crippen LogP contribution < -0.4 is 5.73 Å². The zero-order chi connectivity index (χ0) is 34.3. The highest BCUT2D eigenvalue weighted by molar-refractivity contribution is 4.81. The summed E-state index contributed by atoms with van der Waals surface area (Å²) in [6.07, 6.45) is 43.8. The predicted octanol–water partition coefficient (Wildman–Crippen LogP) is 11.9. The van der Waals surface area contributed by atoms with Crippen LogP contribution in [0, 0.1) is 0 Å². The molecule has 0 aromatic carbocycles. The molecule has 0 bridgehead atoms. The molecule has 278 valence electrons. The molecule has 47 heavy (non-hydrogen) atoms. The van der Waals surface area contributed by atoms with Crippen LogP contribution in [-0.2, 0) is 14.2 Å². The second-order valence-electron chi connectivity index (χ2n) is 13.4. The van der Waals surface area contributed by atoms with Crippen LogP contribution in [0.25, 0.3) is 0 Å². The fraction of sp³-hybridized carbons (Fsp3) is 0.857. The molecule has 3 unspecified atom stereocenters. The molecule has 0 saturated heterocycles. The average molecular weight is 664 g/mol. The van der Waals surface area contributed by atoms with Crippen molar-refractivity contribution >= 4 is 0 Å². The van der Waals surface area contributed by atoms with Gasteiger partial charge in [0.05, 0.1) is 25.4 Å². The largest absolute Gasteiger partial charge is 0.378 e. The summed E-state index contributed by atoms with van der Waals surface area (Å²) < 4.78 is 18.4. The number of ether oxygens (including phenoxy) is 3. The van der Waals surface area contributed by atoms with E-state index in [4.69, 9.17) is 19.9 Å². The Labute approximate surface area is 293 Å². The molecule has 0 amide bonds. The van der Waals surface area contributed by atoms with E-state index < -0.39 is 6.29 Å². The molecule has 5 heteroatoms. The van der Waals surface area contributed by atoms with Crippen LogP contribution in [0.15, 0.2) is 36.5 Å². The molecule has 0 aromatic rings. The minimum absolute atomic E-state index is 0.174. The van der Waals surface area contributed by atoms with Gasteiger partial charge in [-0.2, -0.15) is 0 Å². The number of nitrogens with two attached hydrogens (primary N) is 1. The van der Waals surface area contributed by atoms with Crippen LogP contribution in [0.4, 0.5) is 0 Å². The monoisotopic (exact) mass is 664 g/mol. The maximum absolute atomic E-state index is 10.4. The van der Waals surface area contributed by atoms with E-state index in [9.17, 15) is 5.11 Å². The van der Waals surface area contributed by atoms with Crippen LogP contribution in [0.1, 0.15) is 188 Å². The number of allylic oxidation sites excluding steroid dienone is 6. The predicted molar refractivity (Wildman–Crippen MR) is 205 cm³/mol. The highest BCUT2D eigenvalue weighted by Gasteiger charge is 2.14. The van der Waals surface area contributed by atoms with Crippen LogP contribution in [0.5, 0.6) is 0 Å². The summed E-state index contributed by atoms with van der Waals surface area (Å²) in [6, 6.07) is 0. The van der Waals surface area contributed by atoms with Crippen molar-refractivity contribution in [1.29, 1.82) is 0 Å². The first kappa shape index (κ1) is 46.0. The van der Waals surface area contributed by atoms with E-state index in [0.717, 1.165) is 57.8 Å². The van der Waals surface area contributed by atoms with Crippen molar-refractivity contribution < 1.29 is 19.3 Å². The van der Waals surface area contributed by atoms with E-state index >= 15 is 0 Å². The highest BCUT2D eigenvalue weighted by atomic mass is 16.6. The van der Waals surface area contributed by atoms with Gasteiger partial charge in [0.25, 0.3) is 0 Å². The lowest BCUT2D eigenvalue weighted by Gasteiger charge is -2.22. The quantitative estimate of drug-likeness (QED) is 0.0391. The summed E-state index contributed by atoms with van der Waals surface area (Å²) in [5.41, 5.74) is 5.77. The van der Waals surface area contributed by atoms with Gasteiger partial charge in [-0.25, -0.2) is 0 Å². The van der Waals surface area contributed by atoms with Crippen LogP contribution in [0.2, 0.25) is 0 Å². The molecule has 3 atom stereocenters. The highest BCUT2D eigenvalue weighted by Crippen LogP contribution is 2.18. The molecular formula is C42H81NO4. The zero-order valence-electron chi connectivity index (χ0n) is 31.7. The molecule has 0 fully saturated rings. The van der Waals surface area contributed by atoms with Gasteiger partial charge in [0.2, 0.25) is 0 Å². The molecule has 0 rings (SSSR count). The maximum Gasteiger partial charge on any atom is 0.154 e. The van der Waals surface area contributed by atoms with E-state index in [1.165, 1.54) is 109 Å². The van der Waals surface area contributed by atoms with Crippen LogP contribution >= 0.6 is 0 Å². The van der Waals surface area contributed by atoms with Gasteiger partial charge < -0.3 is 25.1 Å². The molecule has 0 spiro atoms. The third-order valence-corrected chi connectivity index (χ3v) is 8.84. The molecule has 0 aliphatic heterocycles. The topological polar surface area (TPSA) is 73.9 Å². The van der Waals surface area contributed by atoms with E-state index in [2.05, 4.69) is 57.2 Å². The number of hydrogen-bond acceptors (Lipinski definition) is 5. The minimum atomic E-state index is -0.660. The smallest absolute Gasteiger partial charge is 0.154 e. The first-order valence-corrected chi connectivity index (χ1v) is 20.4. The average Bonchev–Trinajstić information content (AvgIpc) is 3.07. The molecular weight excluding hydrogens is 582 g/mol. The van der Waals surface area contributed by atoms with Gasteiger partial charge in [-0.3, -0.25) is 0 Å². The summed E-state index contributed by atoms with van der Waals surface area (Å²) in [4.78, 5) is 0. The van der Waals surface area contributed by atoms with Gasteiger partial charge in [0.1, 0.15) is 0 Å². The van der Waals surface area contributed by atoms with Gasteiger partial charge in [0, 0.05) is 13.2 Å². The van der Waals surface area contributed by atoms with Crippen molar-refractivity contribution in [3.05, 3.63) is 36.5 Å². The van der Waals surface area contributed by atoms with Crippen LogP contribution in [-0.4, -0.2) is 50.0 Å². The number of rotatable bonds is 38.